The predicted octanol–water partition coefficient (Wildman–Crippen LogP) is 14.4. The molecule has 12 aromatic rings. The summed E-state index contributed by atoms with van der Waals surface area (Å²) in [6, 6.07) is 71.8. The predicted molar refractivity (Wildman–Crippen MR) is 246 cm³/mol. The van der Waals surface area contributed by atoms with Crippen LogP contribution in [0.25, 0.3) is 117 Å². The Morgan fingerprint density at radius 2 is 0.933 bits per heavy atom. The molecule has 0 aliphatic rings. The van der Waals surface area contributed by atoms with E-state index in [1.54, 1.807) is 0 Å². The van der Waals surface area contributed by atoms with Crippen molar-refractivity contribution in [3.05, 3.63) is 206 Å². The van der Waals surface area contributed by atoms with Gasteiger partial charge in [-0.25, -0.2) is 15.0 Å². The average Bonchev–Trinajstić information content (AvgIpc) is 3.88. The molecule has 8 aromatic carbocycles. The van der Waals surface area contributed by atoms with E-state index in [0.717, 1.165) is 89.0 Å². The molecule has 12 rings (SSSR count). The molecule has 5 heteroatoms. The van der Waals surface area contributed by atoms with E-state index in [1.807, 2.05) is 36.4 Å². The Morgan fingerprint density at radius 3 is 1.60 bits per heavy atom. The van der Waals surface area contributed by atoms with Crippen molar-refractivity contribution in [2.45, 2.75) is 0 Å². The van der Waals surface area contributed by atoms with Crippen LogP contribution in [0, 0.1) is 0 Å². The van der Waals surface area contributed by atoms with Gasteiger partial charge in [0.2, 0.25) is 0 Å². The zero-order valence-electron chi connectivity index (χ0n) is 32.3. The van der Waals surface area contributed by atoms with Crippen LogP contribution in [0.2, 0.25) is 0 Å². The van der Waals surface area contributed by atoms with Gasteiger partial charge in [-0.2, -0.15) is 0 Å². The number of nitrogens with zero attached hydrogens (tertiary/aromatic N) is 4. The molecule has 0 radical (unpaired) electrons. The summed E-state index contributed by atoms with van der Waals surface area (Å²) in [5, 5.41) is 5.73. The molecule has 0 bridgehead atoms. The molecule has 60 heavy (non-hydrogen) atoms. The number of fused-ring (bicyclic) bond motifs is 8. The van der Waals surface area contributed by atoms with E-state index in [4.69, 9.17) is 19.4 Å². The van der Waals surface area contributed by atoms with Gasteiger partial charge in [-0.3, -0.25) is 0 Å². The molecule has 5 nitrogen and oxygen atoms in total. The lowest BCUT2D eigenvalue weighted by molar-refractivity contribution is 0.669. The van der Waals surface area contributed by atoms with Gasteiger partial charge < -0.3 is 8.98 Å². The zero-order chi connectivity index (χ0) is 39.6. The van der Waals surface area contributed by atoms with Crippen molar-refractivity contribution in [3.8, 4) is 62.0 Å². The van der Waals surface area contributed by atoms with Crippen molar-refractivity contribution >= 4 is 54.6 Å². The molecular formula is C55H34N4O. The van der Waals surface area contributed by atoms with Crippen LogP contribution in [-0.4, -0.2) is 19.5 Å². The van der Waals surface area contributed by atoms with Crippen LogP contribution in [-0.2, 0) is 0 Å². The van der Waals surface area contributed by atoms with Crippen LogP contribution in [0.4, 0.5) is 0 Å². The highest BCUT2D eigenvalue weighted by Gasteiger charge is 2.21. The summed E-state index contributed by atoms with van der Waals surface area (Å²) in [6.07, 6.45) is 0. The van der Waals surface area contributed by atoms with E-state index in [-0.39, 0.29) is 0 Å². The number of pyridine rings is 1. The highest BCUT2D eigenvalue weighted by Crippen LogP contribution is 2.43. The van der Waals surface area contributed by atoms with Gasteiger partial charge in [0.15, 0.2) is 11.4 Å². The second-order valence-corrected chi connectivity index (χ2v) is 15.2. The third kappa shape index (κ3) is 5.52. The van der Waals surface area contributed by atoms with Gasteiger partial charge in [0.1, 0.15) is 11.3 Å². The number of hydrogen-bond donors (Lipinski definition) is 0. The third-order valence-corrected chi connectivity index (χ3v) is 11.6. The fourth-order valence-corrected chi connectivity index (χ4v) is 8.82. The minimum absolute atomic E-state index is 0.674. The average molecular weight is 767 g/mol. The van der Waals surface area contributed by atoms with E-state index in [0.29, 0.717) is 5.82 Å². The first-order valence-corrected chi connectivity index (χ1v) is 20.2. The Hall–Kier alpha value is -8.15. The maximum absolute atomic E-state index is 6.67. The Kier molecular flexibility index (Phi) is 7.78. The maximum atomic E-state index is 6.67. The first-order valence-electron chi connectivity index (χ1n) is 20.2. The zero-order valence-corrected chi connectivity index (χ0v) is 32.3. The van der Waals surface area contributed by atoms with Crippen molar-refractivity contribution in [1.29, 1.82) is 0 Å². The Balaban J connectivity index is 0.970. The van der Waals surface area contributed by atoms with Gasteiger partial charge in [-0.05, 0) is 53.6 Å². The van der Waals surface area contributed by atoms with E-state index in [1.165, 1.54) is 21.8 Å². The molecule has 0 spiro atoms. The first-order chi connectivity index (χ1) is 29.7. The molecule has 4 aromatic heterocycles. The second kappa shape index (κ2) is 13.8. The largest absolute Gasteiger partial charge is 0.454 e. The fraction of sp³-hybridized carbons (Fsp3) is 0. The highest BCUT2D eigenvalue weighted by molar-refractivity contribution is 6.24. The van der Waals surface area contributed by atoms with E-state index in [2.05, 4.69) is 174 Å². The molecule has 0 atom stereocenters. The van der Waals surface area contributed by atoms with Crippen molar-refractivity contribution in [2.24, 2.45) is 0 Å². The summed E-state index contributed by atoms with van der Waals surface area (Å²) >= 11 is 0. The van der Waals surface area contributed by atoms with Gasteiger partial charge in [-0.15, -0.1) is 0 Å². The molecule has 0 N–H and O–H groups in total. The van der Waals surface area contributed by atoms with Crippen LogP contribution >= 0.6 is 0 Å². The number of furan rings is 1. The summed E-state index contributed by atoms with van der Waals surface area (Å²) in [5.41, 5.74) is 14.7. The summed E-state index contributed by atoms with van der Waals surface area (Å²) in [4.78, 5) is 15.6. The highest BCUT2D eigenvalue weighted by atomic mass is 16.3. The molecule has 0 saturated carbocycles. The van der Waals surface area contributed by atoms with E-state index >= 15 is 0 Å². The third-order valence-electron chi connectivity index (χ3n) is 11.6. The normalized spacial score (nSPS) is 11.7. The number of para-hydroxylation sites is 3. The van der Waals surface area contributed by atoms with Crippen LogP contribution in [0.3, 0.4) is 0 Å². The number of hydrogen-bond acceptors (Lipinski definition) is 4. The minimum atomic E-state index is 0.674. The van der Waals surface area contributed by atoms with Crippen LogP contribution in [0.5, 0.6) is 0 Å². The first kappa shape index (κ1) is 33.9. The molecule has 0 fully saturated rings. The van der Waals surface area contributed by atoms with Crippen LogP contribution in [0.15, 0.2) is 211 Å². The maximum Gasteiger partial charge on any atom is 0.162 e. The molecule has 0 saturated heterocycles. The van der Waals surface area contributed by atoms with Crippen molar-refractivity contribution in [2.75, 3.05) is 0 Å². The number of aromatic nitrogens is 4. The van der Waals surface area contributed by atoms with Gasteiger partial charge in [0.25, 0.3) is 0 Å². The molecule has 0 aliphatic heterocycles. The Morgan fingerprint density at radius 1 is 0.383 bits per heavy atom. The Bertz CT molecular complexity index is 3520. The summed E-state index contributed by atoms with van der Waals surface area (Å²) < 4.78 is 9.01. The minimum Gasteiger partial charge on any atom is -0.454 e. The van der Waals surface area contributed by atoms with E-state index in [9.17, 15) is 0 Å². The monoisotopic (exact) mass is 766 g/mol. The van der Waals surface area contributed by atoms with Crippen molar-refractivity contribution < 1.29 is 4.42 Å². The van der Waals surface area contributed by atoms with Gasteiger partial charge in [0, 0.05) is 54.9 Å². The molecule has 0 amide bonds. The lowest BCUT2D eigenvalue weighted by Gasteiger charge is -2.12. The smallest absolute Gasteiger partial charge is 0.162 e. The van der Waals surface area contributed by atoms with E-state index < -0.39 is 0 Å². The second-order valence-electron chi connectivity index (χ2n) is 15.2. The number of benzene rings is 8. The molecule has 4 heterocycles. The summed E-state index contributed by atoms with van der Waals surface area (Å²) in [7, 11) is 0. The molecular weight excluding hydrogens is 733 g/mol. The lowest BCUT2D eigenvalue weighted by atomic mass is 9.95. The number of rotatable bonds is 6. The standard InChI is InChI=1S/C55H34N4O/c1-3-14-35(15-4-1)41-21-13-22-45-51(41)52-44-20-9-12-25-50(44)60-54(52)53(56-45)38-28-26-36(27-29-38)46-34-47(58-55(57-46)39-16-5-2-6-17-39)37-30-32-40(33-31-37)59-48-23-10-7-18-42(48)43-19-8-11-24-49(43)59/h1-34H. The summed E-state index contributed by atoms with van der Waals surface area (Å²) in [5.74, 6) is 0.674. The van der Waals surface area contributed by atoms with Crippen molar-refractivity contribution in [3.63, 3.8) is 0 Å². The van der Waals surface area contributed by atoms with Gasteiger partial charge in [0.05, 0.1) is 27.9 Å². The Labute approximate surface area is 345 Å². The molecule has 280 valence electrons. The summed E-state index contributed by atoms with van der Waals surface area (Å²) in [6.45, 7) is 0. The van der Waals surface area contributed by atoms with Gasteiger partial charge >= 0.3 is 0 Å². The van der Waals surface area contributed by atoms with Gasteiger partial charge in [-0.1, -0.05) is 164 Å². The fourth-order valence-electron chi connectivity index (χ4n) is 8.82. The van der Waals surface area contributed by atoms with Crippen LogP contribution in [0.1, 0.15) is 0 Å². The molecule has 0 aliphatic carbocycles. The molecule has 0 unspecified atom stereocenters. The van der Waals surface area contributed by atoms with Crippen molar-refractivity contribution in [1.82, 2.24) is 19.5 Å². The lowest BCUT2D eigenvalue weighted by Crippen LogP contribution is -1.97. The SMILES string of the molecule is c1ccc(-c2nc(-c3ccc(-c4nc5cccc(-c6ccccc6)c5c5c4oc4ccccc45)cc3)cc(-c3ccc(-n4c5ccccc5c5ccccc54)cc3)n2)cc1. The quantitative estimate of drug-likeness (QED) is 0.169. The van der Waals surface area contributed by atoms with Crippen LogP contribution < -0.4 is 0 Å². The topological polar surface area (TPSA) is 56.7 Å².